The zero-order valence-electron chi connectivity index (χ0n) is 16.4. The van der Waals surface area contributed by atoms with Crippen molar-refractivity contribution in [3.05, 3.63) is 65.4 Å². The molecule has 0 spiro atoms. The van der Waals surface area contributed by atoms with Crippen molar-refractivity contribution in [3.8, 4) is 0 Å². The van der Waals surface area contributed by atoms with Crippen molar-refractivity contribution < 1.29 is 9.59 Å². The van der Waals surface area contributed by atoms with Gasteiger partial charge < -0.3 is 16.0 Å². The van der Waals surface area contributed by atoms with E-state index in [9.17, 15) is 9.59 Å². The summed E-state index contributed by atoms with van der Waals surface area (Å²) < 4.78 is 0. The molecule has 0 bridgehead atoms. The maximum atomic E-state index is 12.4. The Morgan fingerprint density at radius 2 is 2.07 bits per heavy atom. The van der Waals surface area contributed by atoms with Crippen LogP contribution < -0.4 is 21.4 Å². The highest BCUT2D eigenvalue weighted by atomic mass is 16.2. The quantitative estimate of drug-likeness (QED) is 0.592. The zero-order chi connectivity index (χ0) is 20.4. The van der Waals surface area contributed by atoms with Crippen molar-refractivity contribution in [2.24, 2.45) is 5.10 Å². The SMILES string of the molecule is CC(=O)Nc1cccc(Cc2ccc3c(c2)/C(=C/NC2CC(C)=NN2)C(=O)N3)c1. The molecule has 0 aromatic heterocycles. The molecule has 0 saturated heterocycles. The van der Waals surface area contributed by atoms with Crippen molar-refractivity contribution in [1.82, 2.24) is 10.7 Å². The number of nitrogens with one attached hydrogen (secondary N) is 4. The Balaban J connectivity index is 1.53. The van der Waals surface area contributed by atoms with Crippen molar-refractivity contribution in [1.29, 1.82) is 0 Å². The van der Waals surface area contributed by atoms with Crippen LogP contribution in [0.4, 0.5) is 11.4 Å². The van der Waals surface area contributed by atoms with E-state index in [4.69, 9.17) is 0 Å². The highest BCUT2D eigenvalue weighted by molar-refractivity contribution is 6.31. The summed E-state index contributed by atoms with van der Waals surface area (Å²) in [6.07, 6.45) is 3.25. The summed E-state index contributed by atoms with van der Waals surface area (Å²) in [6.45, 7) is 3.46. The molecule has 2 heterocycles. The third kappa shape index (κ3) is 4.29. The van der Waals surface area contributed by atoms with Gasteiger partial charge in [-0.15, -0.1) is 0 Å². The molecule has 4 rings (SSSR count). The second kappa shape index (κ2) is 7.79. The van der Waals surface area contributed by atoms with E-state index in [0.29, 0.717) is 12.0 Å². The number of anilines is 2. The van der Waals surface area contributed by atoms with Gasteiger partial charge in [0.2, 0.25) is 5.91 Å². The lowest BCUT2D eigenvalue weighted by molar-refractivity contribution is -0.114. The van der Waals surface area contributed by atoms with Crippen LogP contribution in [0.5, 0.6) is 0 Å². The first-order valence-corrected chi connectivity index (χ1v) is 9.54. The van der Waals surface area contributed by atoms with Gasteiger partial charge in [0.15, 0.2) is 0 Å². The molecule has 0 aliphatic carbocycles. The van der Waals surface area contributed by atoms with Gasteiger partial charge in [0.1, 0.15) is 6.17 Å². The van der Waals surface area contributed by atoms with E-state index in [1.54, 1.807) is 6.20 Å². The number of hydrazone groups is 1. The van der Waals surface area contributed by atoms with Crippen LogP contribution >= 0.6 is 0 Å². The van der Waals surface area contributed by atoms with Gasteiger partial charge in [-0.1, -0.05) is 18.2 Å². The molecule has 148 valence electrons. The molecular weight excluding hydrogens is 366 g/mol. The van der Waals surface area contributed by atoms with Crippen molar-refractivity contribution in [2.75, 3.05) is 10.6 Å². The summed E-state index contributed by atoms with van der Waals surface area (Å²) >= 11 is 0. The molecule has 7 heteroatoms. The minimum atomic E-state index is -0.118. The summed E-state index contributed by atoms with van der Waals surface area (Å²) in [7, 11) is 0. The molecule has 0 saturated carbocycles. The molecule has 7 nitrogen and oxygen atoms in total. The molecule has 2 aromatic carbocycles. The topological polar surface area (TPSA) is 94.6 Å². The van der Waals surface area contributed by atoms with E-state index in [1.165, 1.54) is 6.92 Å². The zero-order valence-corrected chi connectivity index (χ0v) is 16.4. The molecule has 0 radical (unpaired) electrons. The minimum absolute atomic E-state index is 0.000881. The van der Waals surface area contributed by atoms with E-state index in [-0.39, 0.29) is 18.0 Å². The average molecular weight is 389 g/mol. The molecular formula is C22H23N5O2. The highest BCUT2D eigenvalue weighted by Gasteiger charge is 2.25. The minimum Gasteiger partial charge on any atom is -0.369 e. The largest absolute Gasteiger partial charge is 0.369 e. The number of amides is 2. The molecule has 1 atom stereocenters. The number of nitrogens with zero attached hydrogens (tertiary/aromatic N) is 1. The lowest BCUT2D eigenvalue weighted by atomic mass is 9.99. The predicted molar refractivity (Wildman–Crippen MR) is 114 cm³/mol. The third-order valence-electron chi connectivity index (χ3n) is 4.86. The maximum absolute atomic E-state index is 12.4. The normalized spacial score (nSPS) is 18.7. The molecule has 2 aromatic rings. The second-order valence-corrected chi connectivity index (χ2v) is 7.35. The number of hydrogen-bond acceptors (Lipinski definition) is 5. The van der Waals surface area contributed by atoms with Gasteiger partial charge >= 0.3 is 0 Å². The number of rotatable bonds is 5. The van der Waals surface area contributed by atoms with E-state index in [1.807, 2.05) is 49.4 Å². The van der Waals surface area contributed by atoms with Crippen molar-refractivity contribution in [3.63, 3.8) is 0 Å². The Hall–Kier alpha value is -3.61. The van der Waals surface area contributed by atoms with Crippen LogP contribution in [0.3, 0.4) is 0 Å². The number of benzene rings is 2. The molecule has 2 aliphatic rings. The van der Waals surface area contributed by atoms with Gasteiger partial charge in [-0.2, -0.15) is 5.10 Å². The Labute approximate surface area is 169 Å². The third-order valence-corrected chi connectivity index (χ3v) is 4.86. The van der Waals surface area contributed by atoms with E-state index < -0.39 is 0 Å². The Kier molecular flexibility index (Phi) is 5.03. The fourth-order valence-corrected chi connectivity index (χ4v) is 3.54. The van der Waals surface area contributed by atoms with Crippen LogP contribution in [0.2, 0.25) is 0 Å². The summed E-state index contributed by atoms with van der Waals surface area (Å²) in [5.74, 6) is -0.211. The van der Waals surface area contributed by atoms with Crippen LogP contribution in [-0.2, 0) is 16.0 Å². The summed E-state index contributed by atoms with van der Waals surface area (Å²) in [6, 6.07) is 13.8. The van der Waals surface area contributed by atoms with Gasteiger partial charge in [0, 0.05) is 42.2 Å². The van der Waals surface area contributed by atoms with Gasteiger partial charge in [0.05, 0.1) is 5.57 Å². The monoisotopic (exact) mass is 389 g/mol. The number of carbonyl (C=O) groups is 2. The first-order valence-electron chi connectivity index (χ1n) is 9.54. The van der Waals surface area contributed by atoms with Gasteiger partial charge in [-0.25, -0.2) is 0 Å². The van der Waals surface area contributed by atoms with E-state index in [0.717, 1.165) is 40.2 Å². The van der Waals surface area contributed by atoms with Crippen molar-refractivity contribution >= 4 is 34.5 Å². The maximum Gasteiger partial charge on any atom is 0.257 e. The molecule has 2 amide bonds. The van der Waals surface area contributed by atoms with Gasteiger partial charge in [-0.3, -0.25) is 15.0 Å². The lowest BCUT2D eigenvalue weighted by Gasteiger charge is -2.11. The number of fused-ring (bicyclic) bond motifs is 1. The summed E-state index contributed by atoms with van der Waals surface area (Å²) in [4.78, 5) is 23.7. The fraction of sp³-hybridized carbons (Fsp3) is 0.227. The fourth-order valence-electron chi connectivity index (χ4n) is 3.54. The number of carbonyl (C=O) groups excluding carboxylic acids is 2. The smallest absolute Gasteiger partial charge is 0.257 e. The Morgan fingerprint density at radius 3 is 2.83 bits per heavy atom. The first-order chi connectivity index (χ1) is 14.0. The van der Waals surface area contributed by atoms with Crippen molar-refractivity contribution in [2.45, 2.75) is 32.9 Å². The van der Waals surface area contributed by atoms with Gasteiger partial charge in [-0.05, 0) is 48.7 Å². The Morgan fingerprint density at radius 1 is 1.24 bits per heavy atom. The Bertz CT molecular complexity index is 1040. The molecule has 2 aliphatic heterocycles. The predicted octanol–water partition coefficient (Wildman–Crippen LogP) is 2.81. The van der Waals surface area contributed by atoms with Crippen LogP contribution in [0.25, 0.3) is 5.57 Å². The van der Waals surface area contributed by atoms with E-state index in [2.05, 4.69) is 26.5 Å². The van der Waals surface area contributed by atoms with Gasteiger partial charge in [0.25, 0.3) is 5.91 Å². The summed E-state index contributed by atoms with van der Waals surface area (Å²) in [5.41, 5.74) is 9.28. The summed E-state index contributed by atoms with van der Waals surface area (Å²) in [5, 5.41) is 13.1. The molecule has 4 N–H and O–H groups in total. The van der Waals surface area contributed by atoms with Crippen LogP contribution in [0, 0.1) is 0 Å². The molecule has 29 heavy (non-hydrogen) atoms. The molecule has 0 fully saturated rings. The second-order valence-electron chi connectivity index (χ2n) is 7.35. The highest BCUT2D eigenvalue weighted by Crippen LogP contribution is 2.32. The lowest BCUT2D eigenvalue weighted by Crippen LogP contribution is -2.33. The van der Waals surface area contributed by atoms with Crippen LogP contribution in [0.1, 0.15) is 37.0 Å². The first kappa shape index (κ1) is 18.7. The van der Waals surface area contributed by atoms with Crippen LogP contribution in [0.15, 0.2) is 53.8 Å². The molecule has 1 unspecified atom stereocenters. The van der Waals surface area contributed by atoms with E-state index >= 15 is 0 Å². The average Bonchev–Trinajstić information content (AvgIpc) is 3.22. The number of hydrogen-bond donors (Lipinski definition) is 4. The van der Waals surface area contributed by atoms with Crippen LogP contribution in [-0.4, -0.2) is 23.7 Å². The standard InChI is InChI=1S/C22H23N5O2/c1-13-8-21(27-26-13)23-12-19-18-11-16(6-7-20(18)25-22(19)29)9-15-4-3-5-17(10-15)24-14(2)28/h3-7,10-12,21,23,27H,8-9H2,1-2H3,(H,24,28)(H,25,29)/b19-12-.